The predicted octanol–water partition coefficient (Wildman–Crippen LogP) is 4.19. The lowest BCUT2D eigenvalue weighted by Gasteiger charge is -2.28. The van der Waals surface area contributed by atoms with E-state index in [9.17, 15) is 4.79 Å². The van der Waals surface area contributed by atoms with Crippen molar-refractivity contribution in [3.05, 3.63) is 38.0 Å². The number of carbonyl (C=O) groups excluding carboxylic acids is 1. The zero-order valence-corrected chi connectivity index (χ0v) is 14.7. The maximum Gasteiger partial charge on any atom is 0.229 e. The molecule has 0 aliphatic carbocycles. The first-order chi connectivity index (χ1) is 10.0. The highest BCUT2D eigenvalue weighted by molar-refractivity contribution is 7.11. The lowest BCUT2D eigenvalue weighted by Crippen LogP contribution is -2.38. The van der Waals surface area contributed by atoms with Crippen LogP contribution in [0.15, 0.2) is 16.8 Å². The monoisotopic (exact) mass is 322 g/mol. The van der Waals surface area contributed by atoms with Crippen molar-refractivity contribution in [3.63, 3.8) is 0 Å². The van der Waals surface area contributed by atoms with E-state index in [4.69, 9.17) is 0 Å². The van der Waals surface area contributed by atoms with Gasteiger partial charge in [-0.05, 0) is 49.6 Å². The summed E-state index contributed by atoms with van der Waals surface area (Å²) in [5.74, 6) is 0.170. The number of carbonyl (C=O) groups is 1. The van der Waals surface area contributed by atoms with Crippen molar-refractivity contribution in [1.82, 2.24) is 9.88 Å². The summed E-state index contributed by atoms with van der Waals surface area (Å²) < 4.78 is 0. The Bertz CT molecular complexity index is 589. The minimum absolute atomic E-state index is 0.170. The fourth-order valence-corrected chi connectivity index (χ4v) is 3.76. The molecule has 0 fully saturated rings. The topological polar surface area (TPSA) is 33.2 Å². The maximum atomic E-state index is 12.7. The van der Waals surface area contributed by atoms with E-state index in [2.05, 4.69) is 35.7 Å². The molecule has 0 bridgehead atoms. The Morgan fingerprint density at radius 1 is 1.43 bits per heavy atom. The van der Waals surface area contributed by atoms with Crippen molar-refractivity contribution < 1.29 is 4.79 Å². The average Bonchev–Trinajstić information content (AvgIpc) is 3.05. The third kappa shape index (κ3) is 4.14. The van der Waals surface area contributed by atoms with Crippen LogP contribution in [0.5, 0.6) is 0 Å². The smallest absolute Gasteiger partial charge is 0.229 e. The number of rotatable bonds is 6. The molecule has 2 aromatic rings. The number of hydrogen-bond acceptors (Lipinski definition) is 4. The molecule has 0 spiro atoms. The first-order valence-corrected chi connectivity index (χ1v) is 9.00. The van der Waals surface area contributed by atoms with Gasteiger partial charge in [-0.15, -0.1) is 11.3 Å². The van der Waals surface area contributed by atoms with Crippen molar-refractivity contribution in [3.8, 4) is 0 Å². The SMILES string of the molecule is CC[C@H](C)N(Cc1ccsc1)C(=O)Cc1nc(C)sc1C. The van der Waals surface area contributed by atoms with Crippen LogP contribution in [-0.2, 0) is 17.8 Å². The lowest BCUT2D eigenvalue weighted by atomic mass is 10.1. The summed E-state index contributed by atoms with van der Waals surface area (Å²) in [5, 5.41) is 5.20. The Morgan fingerprint density at radius 2 is 2.19 bits per heavy atom. The Hall–Kier alpha value is -1.20. The summed E-state index contributed by atoms with van der Waals surface area (Å²) in [6.45, 7) is 8.96. The zero-order valence-electron chi connectivity index (χ0n) is 13.0. The number of thiophene rings is 1. The zero-order chi connectivity index (χ0) is 15.4. The van der Waals surface area contributed by atoms with Crippen molar-refractivity contribution in [1.29, 1.82) is 0 Å². The van der Waals surface area contributed by atoms with E-state index < -0.39 is 0 Å². The fourth-order valence-electron chi connectivity index (χ4n) is 2.27. The number of amides is 1. The minimum atomic E-state index is 0.170. The van der Waals surface area contributed by atoms with Gasteiger partial charge in [0.15, 0.2) is 0 Å². The second-order valence-corrected chi connectivity index (χ2v) is 7.51. The third-order valence-electron chi connectivity index (χ3n) is 3.69. The first-order valence-electron chi connectivity index (χ1n) is 7.24. The van der Waals surface area contributed by atoms with E-state index in [0.29, 0.717) is 13.0 Å². The molecule has 0 N–H and O–H groups in total. The Kier molecular flexibility index (Phi) is 5.53. The van der Waals surface area contributed by atoms with Crippen LogP contribution in [0.1, 0.15) is 41.4 Å². The molecule has 2 aromatic heterocycles. The van der Waals surface area contributed by atoms with E-state index >= 15 is 0 Å². The molecule has 0 aliphatic rings. The summed E-state index contributed by atoms with van der Waals surface area (Å²) in [6.07, 6.45) is 1.37. The van der Waals surface area contributed by atoms with E-state index in [-0.39, 0.29) is 11.9 Å². The molecule has 0 unspecified atom stereocenters. The Balaban J connectivity index is 2.12. The summed E-state index contributed by atoms with van der Waals surface area (Å²) in [7, 11) is 0. The predicted molar refractivity (Wildman–Crippen MR) is 89.9 cm³/mol. The first kappa shape index (κ1) is 16.2. The van der Waals surface area contributed by atoms with Gasteiger partial charge in [-0.3, -0.25) is 4.79 Å². The van der Waals surface area contributed by atoms with Crippen LogP contribution in [0, 0.1) is 13.8 Å². The third-order valence-corrected chi connectivity index (χ3v) is 5.36. The number of aryl methyl sites for hydroxylation is 2. The van der Waals surface area contributed by atoms with Gasteiger partial charge in [0.05, 0.1) is 17.1 Å². The van der Waals surface area contributed by atoms with Crippen molar-refractivity contribution in [2.75, 3.05) is 0 Å². The van der Waals surface area contributed by atoms with Gasteiger partial charge in [0.2, 0.25) is 5.91 Å². The Morgan fingerprint density at radius 3 is 2.71 bits per heavy atom. The van der Waals surface area contributed by atoms with E-state index in [1.165, 1.54) is 5.56 Å². The minimum Gasteiger partial charge on any atom is -0.335 e. The average molecular weight is 322 g/mol. The molecular weight excluding hydrogens is 300 g/mol. The second kappa shape index (κ2) is 7.18. The van der Waals surface area contributed by atoms with Crippen molar-refractivity contribution >= 4 is 28.6 Å². The van der Waals surface area contributed by atoms with Gasteiger partial charge in [0.1, 0.15) is 0 Å². The molecule has 5 heteroatoms. The van der Waals surface area contributed by atoms with Gasteiger partial charge >= 0.3 is 0 Å². The number of aromatic nitrogens is 1. The summed E-state index contributed by atoms with van der Waals surface area (Å²) in [5.41, 5.74) is 2.14. The second-order valence-electron chi connectivity index (χ2n) is 5.32. The van der Waals surface area contributed by atoms with E-state index in [1.54, 1.807) is 22.7 Å². The van der Waals surface area contributed by atoms with Gasteiger partial charge < -0.3 is 4.90 Å². The van der Waals surface area contributed by atoms with Crippen LogP contribution >= 0.6 is 22.7 Å². The van der Waals surface area contributed by atoms with Gasteiger partial charge in [0.25, 0.3) is 0 Å². The summed E-state index contributed by atoms with van der Waals surface area (Å²) in [6, 6.07) is 2.34. The highest BCUT2D eigenvalue weighted by Gasteiger charge is 2.21. The number of hydrogen-bond donors (Lipinski definition) is 0. The molecule has 3 nitrogen and oxygen atoms in total. The molecule has 0 saturated heterocycles. The van der Waals surface area contributed by atoms with Crippen LogP contribution in [0.4, 0.5) is 0 Å². The summed E-state index contributed by atoms with van der Waals surface area (Å²) in [4.78, 5) is 20.3. The molecule has 0 radical (unpaired) electrons. The lowest BCUT2D eigenvalue weighted by molar-refractivity contribution is -0.133. The van der Waals surface area contributed by atoms with Crippen molar-refractivity contribution in [2.24, 2.45) is 0 Å². The molecular formula is C16H22N2OS2. The highest BCUT2D eigenvalue weighted by Crippen LogP contribution is 2.20. The highest BCUT2D eigenvalue weighted by atomic mass is 32.1. The van der Waals surface area contributed by atoms with Gasteiger partial charge in [-0.2, -0.15) is 11.3 Å². The molecule has 0 aromatic carbocycles. The van der Waals surface area contributed by atoms with Gasteiger partial charge in [-0.1, -0.05) is 6.92 Å². The van der Waals surface area contributed by atoms with Gasteiger partial charge in [-0.25, -0.2) is 4.98 Å². The van der Waals surface area contributed by atoms with Crippen LogP contribution in [0.3, 0.4) is 0 Å². The summed E-state index contributed by atoms with van der Waals surface area (Å²) >= 11 is 3.34. The van der Waals surface area contributed by atoms with Gasteiger partial charge in [0, 0.05) is 17.5 Å². The molecule has 0 aliphatic heterocycles. The van der Waals surface area contributed by atoms with E-state index in [0.717, 1.165) is 22.0 Å². The van der Waals surface area contributed by atoms with Crippen LogP contribution in [-0.4, -0.2) is 21.8 Å². The molecule has 2 heterocycles. The quantitative estimate of drug-likeness (QED) is 0.799. The normalized spacial score (nSPS) is 12.4. The maximum absolute atomic E-state index is 12.7. The molecule has 1 amide bonds. The van der Waals surface area contributed by atoms with E-state index in [1.807, 2.05) is 18.7 Å². The van der Waals surface area contributed by atoms with Crippen molar-refractivity contribution in [2.45, 2.75) is 53.1 Å². The standard InChI is InChI=1S/C16H22N2OS2/c1-5-11(2)18(9-14-6-7-20-10-14)16(19)8-15-12(3)21-13(4)17-15/h6-7,10-11H,5,8-9H2,1-4H3/t11-/m0/s1. The van der Waals surface area contributed by atoms with Crippen LogP contribution in [0.25, 0.3) is 0 Å². The molecule has 2 rings (SSSR count). The molecule has 0 saturated carbocycles. The molecule has 114 valence electrons. The van der Waals surface area contributed by atoms with Crippen LogP contribution < -0.4 is 0 Å². The van der Waals surface area contributed by atoms with Crippen LogP contribution in [0.2, 0.25) is 0 Å². The largest absolute Gasteiger partial charge is 0.335 e. The Labute approximate surface area is 134 Å². The molecule has 21 heavy (non-hydrogen) atoms. The number of thiazole rings is 1. The molecule has 1 atom stereocenters. The fraction of sp³-hybridized carbons (Fsp3) is 0.500. The number of nitrogens with zero attached hydrogens (tertiary/aromatic N) is 2.